The van der Waals surface area contributed by atoms with Crippen LogP contribution >= 0.6 is 46.6 Å². The van der Waals surface area contributed by atoms with E-state index in [-0.39, 0.29) is 6.61 Å². The number of carbonyl (C=O) groups is 1. The van der Waals surface area contributed by atoms with Gasteiger partial charge in [0.15, 0.2) is 11.5 Å². The first-order valence-electron chi connectivity index (χ1n) is 9.32. The van der Waals surface area contributed by atoms with Crippen LogP contribution in [0.4, 0.5) is 0 Å². The number of ether oxygens (including phenoxy) is 2. The van der Waals surface area contributed by atoms with Crippen LogP contribution in [-0.2, 0) is 17.9 Å². The Morgan fingerprint density at radius 3 is 2.47 bits per heavy atom. The summed E-state index contributed by atoms with van der Waals surface area (Å²) in [6.07, 6.45) is 2.48. The predicted octanol–water partition coefficient (Wildman–Crippen LogP) is 5.92. The molecule has 0 aliphatic heterocycles. The summed E-state index contributed by atoms with van der Waals surface area (Å²) in [4.78, 5) is 11.4. The number of hydrogen-bond donors (Lipinski definition) is 2. The highest BCUT2D eigenvalue weighted by Crippen LogP contribution is 2.37. The monoisotopic (exact) mass is 491 g/mol. The minimum absolute atomic E-state index is 0.240. The summed E-state index contributed by atoms with van der Waals surface area (Å²) in [7, 11) is 0. The fourth-order valence-corrected chi connectivity index (χ4v) is 3.78. The van der Waals surface area contributed by atoms with Crippen LogP contribution in [0.5, 0.6) is 11.5 Å². The maximum absolute atomic E-state index is 11.4. The van der Waals surface area contributed by atoms with Crippen molar-refractivity contribution in [3.05, 3.63) is 56.5 Å². The summed E-state index contributed by atoms with van der Waals surface area (Å²) in [5.41, 5.74) is 1.65. The van der Waals surface area contributed by atoms with Gasteiger partial charge in [0.1, 0.15) is 12.6 Å². The van der Waals surface area contributed by atoms with Gasteiger partial charge in [-0.3, -0.25) is 4.79 Å². The third kappa shape index (κ3) is 7.43. The molecule has 5 nitrogen and oxygen atoms in total. The van der Waals surface area contributed by atoms with Crippen LogP contribution < -0.4 is 14.8 Å². The fourth-order valence-electron chi connectivity index (χ4n) is 2.70. The lowest BCUT2D eigenvalue weighted by molar-refractivity contribution is -0.139. The number of hydrogen-bond acceptors (Lipinski definition) is 5. The number of aliphatic carboxylic acids is 1. The zero-order valence-corrected chi connectivity index (χ0v) is 19.8. The van der Waals surface area contributed by atoms with E-state index in [9.17, 15) is 9.90 Å². The second kappa shape index (κ2) is 12.5. The van der Waals surface area contributed by atoms with Crippen LogP contribution in [0.25, 0.3) is 0 Å². The van der Waals surface area contributed by atoms with Crippen molar-refractivity contribution in [1.29, 1.82) is 0 Å². The van der Waals surface area contributed by atoms with Crippen molar-refractivity contribution in [2.24, 2.45) is 0 Å². The number of benzene rings is 2. The third-order valence-electron chi connectivity index (χ3n) is 4.20. The molecule has 1 atom stereocenters. The van der Waals surface area contributed by atoms with E-state index in [0.717, 1.165) is 16.9 Å². The van der Waals surface area contributed by atoms with Gasteiger partial charge in [0, 0.05) is 6.54 Å². The summed E-state index contributed by atoms with van der Waals surface area (Å²) in [5.74, 6) is 0.807. The molecule has 0 saturated carbocycles. The van der Waals surface area contributed by atoms with Crippen molar-refractivity contribution < 1.29 is 19.4 Å². The van der Waals surface area contributed by atoms with E-state index >= 15 is 0 Å². The molecule has 2 aromatic rings. The summed E-state index contributed by atoms with van der Waals surface area (Å²) >= 11 is 20.1. The quantitative estimate of drug-likeness (QED) is 0.383. The van der Waals surface area contributed by atoms with E-state index in [2.05, 4.69) is 5.32 Å². The topological polar surface area (TPSA) is 67.8 Å². The standard InChI is InChI=1S/C21H24Cl3NO4S/c1-3-28-19-10-14(11-25-18(21(26)27)6-7-30-2)9-17(24)20(19)29-12-13-4-5-15(22)16(23)8-13/h4-5,8-10,18,25H,3,6-7,11-12H2,1-2H3,(H,26,27). The second-order valence-electron chi connectivity index (χ2n) is 6.43. The van der Waals surface area contributed by atoms with Crippen LogP contribution in [0.1, 0.15) is 24.5 Å². The van der Waals surface area contributed by atoms with Crippen molar-refractivity contribution >= 4 is 52.5 Å². The molecular weight excluding hydrogens is 469 g/mol. The van der Waals surface area contributed by atoms with Gasteiger partial charge in [0.2, 0.25) is 0 Å². The van der Waals surface area contributed by atoms with E-state index in [1.54, 1.807) is 36.0 Å². The molecule has 2 rings (SSSR count). The highest BCUT2D eigenvalue weighted by molar-refractivity contribution is 7.98. The van der Waals surface area contributed by atoms with E-state index in [1.807, 2.05) is 19.2 Å². The predicted molar refractivity (Wildman–Crippen MR) is 125 cm³/mol. The molecular formula is C21H24Cl3NO4S. The zero-order valence-electron chi connectivity index (χ0n) is 16.7. The molecule has 0 aliphatic rings. The zero-order chi connectivity index (χ0) is 22.1. The Balaban J connectivity index is 2.13. The molecule has 2 aromatic carbocycles. The Morgan fingerprint density at radius 1 is 1.10 bits per heavy atom. The van der Waals surface area contributed by atoms with Gasteiger partial charge in [-0.25, -0.2) is 0 Å². The molecule has 2 N–H and O–H groups in total. The third-order valence-corrected chi connectivity index (χ3v) is 5.86. The molecule has 30 heavy (non-hydrogen) atoms. The number of thioether (sulfide) groups is 1. The lowest BCUT2D eigenvalue weighted by Crippen LogP contribution is -2.36. The van der Waals surface area contributed by atoms with E-state index in [0.29, 0.717) is 46.1 Å². The molecule has 9 heteroatoms. The summed E-state index contributed by atoms with van der Waals surface area (Å²) < 4.78 is 11.6. The highest BCUT2D eigenvalue weighted by atomic mass is 35.5. The van der Waals surface area contributed by atoms with Gasteiger partial charge >= 0.3 is 5.97 Å². The van der Waals surface area contributed by atoms with Crippen molar-refractivity contribution in [2.75, 3.05) is 18.6 Å². The molecule has 1 unspecified atom stereocenters. The SMILES string of the molecule is CCOc1cc(CNC(CCSC)C(=O)O)cc(Cl)c1OCc1ccc(Cl)c(Cl)c1. The average Bonchev–Trinajstić information content (AvgIpc) is 2.70. The first kappa shape index (κ1) is 25.0. The maximum atomic E-state index is 11.4. The smallest absolute Gasteiger partial charge is 0.320 e. The van der Waals surface area contributed by atoms with Crippen LogP contribution in [0.15, 0.2) is 30.3 Å². The molecule has 0 spiro atoms. The van der Waals surface area contributed by atoms with Crippen molar-refractivity contribution in [2.45, 2.75) is 32.5 Å². The van der Waals surface area contributed by atoms with Gasteiger partial charge < -0.3 is 19.9 Å². The van der Waals surface area contributed by atoms with E-state index in [1.165, 1.54) is 0 Å². The Labute approximate surface area is 196 Å². The minimum atomic E-state index is -0.873. The number of rotatable bonds is 12. The number of carboxylic acid groups (broad SMARTS) is 1. The van der Waals surface area contributed by atoms with Crippen molar-refractivity contribution in [1.82, 2.24) is 5.32 Å². The van der Waals surface area contributed by atoms with Gasteiger partial charge in [-0.1, -0.05) is 40.9 Å². The largest absolute Gasteiger partial charge is 0.490 e. The number of halogens is 3. The van der Waals surface area contributed by atoms with Gasteiger partial charge in [0.05, 0.1) is 21.7 Å². The molecule has 0 aliphatic carbocycles. The number of nitrogens with one attached hydrogen (secondary N) is 1. The molecule has 0 bridgehead atoms. The lowest BCUT2D eigenvalue weighted by atomic mass is 10.1. The Hall–Kier alpha value is -1.31. The minimum Gasteiger partial charge on any atom is -0.490 e. The average molecular weight is 493 g/mol. The molecule has 0 heterocycles. The van der Waals surface area contributed by atoms with Crippen molar-refractivity contribution in [3.63, 3.8) is 0 Å². The molecule has 0 fully saturated rings. The molecule has 0 radical (unpaired) electrons. The molecule has 0 saturated heterocycles. The lowest BCUT2D eigenvalue weighted by Gasteiger charge is -2.17. The Bertz CT molecular complexity index is 866. The van der Waals surface area contributed by atoms with Crippen molar-refractivity contribution in [3.8, 4) is 11.5 Å². The molecule has 0 amide bonds. The second-order valence-corrected chi connectivity index (χ2v) is 8.64. The highest BCUT2D eigenvalue weighted by Gasteiger charge is 2.18. The summed E-state index contributed by atoms with van der Waals surface area (Å²) in [5, 5.41) is 13.7. The Morgan fingerprint density at radius 2 is 1.83 bits per heavy atom. The van der Waals surface area contributed by atoms with Crippen LogP contribution in [0, 0.1) is 0 Å². The van der Waals surface area contributed by atoms with Gasteiger partial charge in [-0.2, -0.15) is 11.8 Å². The maximum Gasteiger partial charge on any atom is 0.320 e. The van der Waals surface area contributed by atoms with Crippen LogP contribution in [0.2, 0.25) is 15.1 Å². The first-order chi connectivity index (χ1) is 14.3. The molecule has 164 valence electrons. The number of carboxylic acids is 1. The normalized spacial score (nSPS) is 11.9. The van der Waals surface area contributed by atoms with E-state index < -0.39 is 12.0 Å². The molecule has 0 aromatic heterocycles. The van der Waals surface area contributed by atoms with Crippen LogP contribution in [-0.4, -0.2) is 35.7 Å². The summed E-state index contributed by atoms with van der Waals surface area (Å²) in [6.45, 7) is 2.88. The Kier molecular flexibility index (Phi) is 10.4. The van der Waals surface area contributed by atoms with E-state index in [4.69, 9.17) is 44.3 Å². The first-order valence-corrected chi connectivity index (χ1v) is 11.9. The fraction of sp³-hybridized carbons (Fsp3) is 0.381. The van der Waals surface area contributed by atoms with Crippen LogP contribution in [0.3, 0.4) is 0 Å². The summed E-state index contributed by atoms with van der Waals surface area (Å²) in [6, 6.07) is 8.18. The van der Waals surface area contributed by atoms with Gasteiger partial charge in [-0.05, 0) is 60.7 Å². The van der Waals surface area contributed by atoms with Gasteiger partial charge in [0.25, 0.3) is 0 Å². The van der Waals surface area contributed by atoms with Gasteiger partial charge in [-0.15, -0.1) is 0 Å².